The fourth-order valence-corrected chi connectivity index (χ4v) is 2.69. The van der Waals surface area contributed by atoms with Crippen LogP contribution in [0, 0.1) is 6.92 Å². The number of rotatable bonds is 8. The average Bonchev–Trinajstić information content (AvgIpc) is 2.70. The number of nitrogens with zero attached hydrogens (tertiary/aromatic N) is 1. The molecule has 1 aromatic heterocycles. The minimum Gasteiger partial charge on any atom is -0.396 e. The van der Waals surface area contributed by atoms with Gasteiger partial charge in [0.1, 0.15) is 4.90 Å². The van der Waals surface area contributed by atoms with Crippen LogP contribution in [0.4, 0.5) is 0 Å². The van der Waals surface area contributed by atoms with Crippen LogP contribution in [0.3, 0.4) is 0 Å². The summed E-state index contributed by atoms with van der Waals surface area (Å²) in [5.74, 6) is 0. The molecule has 0 radical (unpaired) electrons. The zero-order valence-electron chi connectivity index (χ0n) is 9.94. The number of aryl methyl sites for hydroxylation is 1. The lowest BCUT2D eigenvalue weighted by Gasteiger charge is -2.05. The Hall–Kier alpha value is -0.920. The number of unbranched alkanes of at least 4 members (excludes halogenated alkanes) is 3. The first-order valence-electron chi connectivity index (χ1n) is 5.68. The number of aliphatic hydroxyl groups excluding tert-OH is 1. The van der Waals surface area contributed by atoms with Crippen molar-refractivity contribution >= 4 is 10.0 Å². The van der Waals surface area contributed by atoms with Crippen molar-refractivity contribution in [3.05, 3.63) is 11.9 Å². The Kier molecular flexibility index (Phi) is 5.60. The van der Waals surface area contributed by atoms with Gasteiger partial charge in [0.15, 0.2) is 0 Å². The second-order valence-electron chi connectivity index (χ2n) is 3.89. The molecule has 0 atom stereocenters. The van der Waals surface area contributed by atoms with Crippen LogP contribution in [0.5, 0.6) is 0 Å². The minimum atomic E-state index is -3.43. The van der Waals surface area contributed by atoms with E-state index in [4.69, 9.17) is 5.11 Å². The summed E-state index contributed by atoms with van der Waals surface area (Å²) in [5.41, 5.74) is 0.540. The first-order chi connectivity index (χ1) is 8.08. The zero-order valence-corrected chi connectivity index (χ0v) is 10.8. The summed E-state index contributed by atoms with van der Waals surface area (Å²) in [4.78, 5) is 0.202. The van der Waals surface area contributed by atoms with Gasteiger partial charge in [-0.2, -0.15) is 5.10 Å². The quantitative estimate of drug-likeness (QED) is 0.595. The maximum Gasteiger partial charge on any atom is 0.243 e. The van der Waals surface area contributed by atoms with Gasteiger partial charge in [-0.25, -0.2) is 13.1 Å². The second-order valence-corrected chi connectivity index (χ2v) is 5.63. The van der Waals surface area contributed by atoms with Gasteiger partial charge in [0.25, 0.3) is 0 Å². The predicted molar refractivity (Wildman–Crippen MR) is 64.1 cm³/mol. The SMILES string of the molecule is Cc1[nH]ncc1S(=O)(=O)NCCCCCCO. The Morgan fingerprint density at radius 1 is 1.35 bits per heavy atom. The molecule has 0 aliphatic carbocycles. The van der Waals surface area contributed by atoms with Gasteiger partial charge in [0.05, 0.1) is 11.9 Å². The third-order valence-electron chi connectivity index (χ3n) is 2.45. The van der Waals surface area contributed by atoms with Gasteiger partial charge in [0, 0.05) is 13.2 Å². The van der Waals surface area contributed by atoms with Gasteiger partial charge in [-0.3, -0.25) is 5.10 Å². The van der Waals surface area contributed by atoms with E-state index in [0.717, 1.165) is 25.7 Å². The van der Waals surface area contributed by atoms with Crippen molar-refractivity contribution in [1.82, 2.24) is 14.9 Å². The molecule has 0 saturated carbocycles. The molecule has 98 valence electrons. The van der Waals surface area contributed by atoms with E-state index < -0.39 is 10.0 Å². The summed E-state index contributed by atoms with van der Waals surface area (Å²) in [5, 5.41) is 14.9. The molecule has 0 bridgehead atoms. The Bertz CT molecular complexity index is 428. The monoisotopic (exact) mass is 261 g/mol. The molecule has 1 aromatic rings. The number of hydrogen-bond acceptors (Lipinski definition) is 4. The lowest BCUT2D eigenvalue weighted by molar-refractivity contribution is 0.282. The van der Waals surface area contributed by atoms with Gasteiger partial charge in [-0.1, -0.05) is 12.8 Å². The van der Waals surface area contributed by atoms with Crippen molar-refractivity contribution < 1.29 is 13.5 Å². The molecule has 0 aliphatic rings. The molecular weight excluding hydrogens is 242 g/mol. The third-order valence-corrected chi connectivity index (χ3v) is 4.02. The van der Waals surface area contributed by atoms with Crippen molar-refractivity contribution in [3.63, 3.8) is 0 Å². The Balaban J connectivity index is 2.34. The number of aromatic amines is 1. The Morgan fingerprint density at radius 3 is 2.65 bits per heavy atom. The first-order valence-corrected chi connectivity index (χ1v) is 7.17. The number of sulfonamides is 1. The fourth-order valence-electron chi connectivity index (χ4n) is 1.49. The molecule has 17 heavy (non-hydrogen) atoms. The number of aliphatic hydroxyl groups is 1. The molecule has 3 N–H and O–H groups in total. The Labute approximate surface area is 101 Å². The van der Waals surface area contributed by atoms with Gasteiger partial charge in [-0.05, 0) is 19.8 Å². The molecule has 0 saturated heterocycles. The van der Waals surface area contributed by atoms with Crippen LogP contribution < -0.4 is 4.72 Å². The smallest absolute Gasteiger partial charge is 0.243 e. The fraction of sp³-hybridized carbons (Fsp3) is 0.700. The van der Waals surface area contributed by atoms with E-state index in [1.54, 1.807) is 6.92 Å². The van der Waals surface area contributed by atoms with Crippen molar-refractivity contribution in [1.29, 1.82) is 0 Å². The first kappa shape index (κ1) is 14.1. The number of hydrogen-bond donors (Lipinski definition) is 3. The molecule has 0 aromatic carbocycles. The number of aromatic nitrogens is 2. The highest BCUT2D eigenvalue weighted by atomic mass is 32.2. The van der Waals surface area contributed by atoms with Crippen molar-refractivity contribution in [2.75, 3.05) is 13.2 Å². The maximum absolute atomic E-state index is 11.8. The van der Waals surface area contributed by atoms with Crippen LogP contribution in [-0.2, 0) is 10.0 Å². The summed E-state index contributed by atoms with van der Waals surface area (Å²) in [7, 11) is -3.43. The van der Waals surface area contributed by atoms with E-state index in [1.807, 2.05) is 0 Å². The number of H-pyrrole nitrogens is 1. The van der Waals surface area contributed by atoms with Crippen LogP contribution in [-0.4, -0.2) is 36.9 Å². The maximum atomic E-state index is 11.8. The molecule has 0 amide bonds. The zero-order chi connectivity index (χ0) is 12.7. The molecule has 7 heteroatoms. The van der Waals surface area contributed by atoms with E-state index in [9.17, 15) is 8.42 Å². The molecule has 0 aliphatic heterocycles. The normalized spacial score (nSPS) is 11.9. The molecular formula is C10H19N3O3S. The Morgan fingerprint density at radius 2 is 2.06 bits per heavy atom. The second kappa shape index (κ2) is 6.73. The minimum absolute atomic E-state index is 0.194. The average molecular weight is 261 g/mol. The lowest BCUT2D eigenvalue weighted by Crippen LogP contribution is -2.25. The van der Waals surface area contributed by atoms with Gasteiger partial charge < -0.3 is 5.11 Å². The van der Waals surface area contributed by atoms with E-state index in [0.29, 0.717) is 12.2 Å². The third kappa shape index (κ3) is 4.45. The molecule has 6 nitrogen and oxygen atoms in total. The topological polar surface area (TPSA) is 95.1 Å². The molecule has 1 heterocycles. The summed E-state index contributed by atoms with van der Waals surface area (Å²) in [6, 6.07) is 0. The van der Waals surface area contributed by atoms with Crippen LogP contribution in [0.1, 0.15) is 31.4 Å². The van der Waals surface area contributed by atoms with E-state index in [1.165, 1.54) is 6.20 Å². The number of nitrogens with one attached hydrogen (secondary N) is 2. The van der Waals surface area contributed by atoms with Crippen molar-refractivity contribution in [2.24, 2.45) is 0 Å². The van der Waals surface area contributed by atoms with E-state index in [2.05, 4.69) is 14.9 Å². The largest absolute Gasteiger partial charge is 0.396 e. The highest BCUT2D eigenvalue weighted by Gasteiger charge is 2.17. The van der Waals surface area contributed by atoms with Gasteiger partial charge in [-0.15, -0.1) is 0 Å². The highest BCUT2D eigenvalue weighted by molar-refractivity contribution is 7.89. The predicted octanol–water partition coefficient (Wildman–Crippen LogP) is 0.549. The van der Waals surface area contributed by atoms with Crippen LogP contribution in [0.15, 0.2) is 11.1 Å². The lowest BCUT2D eigenvalue weighted by atomic mass is 10.2. The molecule has 0 fully saturated rings. The van der Waals surface area contributed by atoms with Gasteiger partial charge in [0.2, 0.25) is 10.0 Å². The summed E-state index contributed by atoms with van der Waals surface area (Å²) < 4.78 is 26.1. The van der Waals surface area contributed by atoms with Crippen LogP contribution >= 0.6 is 0 Å². The van der Waals surface area contributed by atoms with Crippen LogP contribution in [0.25, 0.3) is 0 Å². The summed E-state index contributed by atoms with van der Waals surface area (Å²) >= 11 is 0. The molecule has 1 rings (SSSR count). The van der Waals surface area contributed by atoms with E-state index in [-0.39, 0.29) is 11.5 Å². The van der Waals surface area contributed by atoms with Crippen molar-refractivity contribution in [2.45, 2.75) is 37.5 Å². The standard InChI is InChI=1S/C10H19N3O3S/c1-9-10(8-11-13-9)17(15,16)12-6-4-2-3-5-7-14/h8,12,14H,2-7H2,1H3,(H,11,13). The summed E-state index contributed by atoms with van der Waals surface area (Å²) in [6.07, 6.45) is 4.68. The highest BCUT2D eigenvalue weighted by Crippen LogP contribution is 2.10. The van der Waals surface area contributed by atoms with Gasteiger partial charge >= 0.3 is 0 Å². The van der Waals surface area contributed by atoms with E-state index >= 15 is 0 Å². The summed E-state index contributed by atoms with van der Waals surface area (Å²) in [6.45, 7) is 2.28. The van der Waals surface area contributed by atoms with Crippen LogP contribution in [0.2, 0.25) is 0 Å². The molecule has 0 spiro atoms. The molecule has 0 unspecified atom stereocenters. The van der Waals surface area contributed by atoms with Crippen molar-refractivity contribution in [3.8, 4) is 0 Å².